The molecule has 0 aromatic rings. The molecule has 1 rings (SSSR count). The maximum atomic E-state index is 10.8. The molecule has 1 aliphatic heterocycles. The largest absolute Gasteiger partial charge is 0.466 e. The van der Waals surface area contributed by atoms with Crippen LogP contribution < -0.4 is 0 Å². The monoisotopic (exact) mass is 156 g/mol. The zero-order valence-corrected chi connectivity index (χ0v) is 6.12. The fourth-order valence-electron chi connectivity index (χ4n) is 0.810. The standard InChI is InChI=1S/C7H8O4/c1-10-7(9)5-2-3-11-6(8)4-5/h4H,2-3H2,1H3. The van der Waals surface area contributed by atoms with Crippen LogP contribution in [-0.4, -0.2) is 25.7 Å². The quantitative estimate of drug-likeness (QED) is 0.503. The van der Waals surface area contributed by atoms with Gasteiger partial charge in [-0.1, -0.05) is 0 Å². The molecule has 4 heteroatoms. The van der Waals surface area contributed by atoms with Gasteiger partial charge in [0.1, 0.15) is 0 Å². The number of carbonyl (C=O) groups is 2. The van der Waals surface area contributed by atoms with E-state index in [0.29, 0.717) is 12.0 Å². The van der Waals surface area contributed by atoms with Gasteiger partial charge in [-0.15, -0.1) is 0 Å². The van der Waals surface area contributed by atoms with Crippen LogP contribution in [0.1, 0.15) is 6.42 Å². The van der Waals surface area contributed by atoms with E-state index in [9.17, 15) is 9.59 Å². The van der Waals surface area contributed by atoms with Crippen molar-refractivity contribution in [3.05, 3.63) is 11.6 Å². The van der Waals surface area contributed by atoms with E-state index < -0.39 is 11.9 Å². The van der Waals surface area contributed by atoms with Gasteiger partial charge in [0.05, 0.1) is 13.7 Å². The summed E-state index contributed by atoms with van der Waals surface area (Å²) in [6.45, 7) is 0.264. The Morgan fingerprint density at radius 1 is 1.73 bits per heavy atom. The molecule has 0 spiro atoms. The summed E-state index contributed by atoms with van der Waals surface area (Å²) in [6.07, 6.45) is 1.60. The highest BCUT2D eigenvalue weighted by Gasteiger charge is 2.16. The van der Waals surface area contributed by atoms with Gasteiger partial charge in [-0.2, -0.15) is 0 Å². The zero-order valence-electron chi connectivity index (χ0n) is 6.12. The van der Waals surface area contributed by atoms with E-state index >= 15 is 0 Å². The Balaban J connectivity index is 2.70. The highest BCUT2D eigenvalue weighted by molar-refractivity contribution is 5.97. The summed E-state index contributed by atoms with van der Waals surface area (Å²) in [7, 11) is 1.28. The van der Waals surface area contributed by atoms with E-state index in [4.69, 9.17) is 0 Å². The summed E-state index contributed by atoms with van der Waals surface area (Å²) >= 11 is 0. The van der Waals surface area contributed by atoms with Crippen LogP contribution in [0, 0.1) is 0 Å². The van der Waals surface area contributed by atoms with E-state index in [0.717, 1.165) is 6.08 Å². The summed E-state index contributed by atoms with van der Waals surface area (Å²) in [6, 6.07) is 0. The van der Waals surface area contributed by atoms with Crippen LogP contribution in [0.25, 0.3) is 0 Å². The lowest BCUT2D eigenvalue weighted by Gasteiger charge is -2.10. The Kier molecular flexibility index (Phi) is 2.25. The maximum Gasteiger partial charge on any atom is 0.334 e. The van der Waals surface area contributed by atoms with Gasteiger partial charge < -0.3 is 9.47 Å². The SMILES string of the molecule is COC(=O)C1=CC(=O)OCC1. The van der Waals surface area contributed by atoms with E-state index in [1.54, 1.807) is 0 Å². The van der Waals surface area contributed by atoms with Gasteiger partial charge >= 0.3 is 11.9 Å². The summed E-state index contributed by atoms with van der Waals surface area (Å²) in [5, 5.41) is 0. The van der Waals surface area contributed by atoms with Gasteiger partial charge in [0.15, 0.2) is 0 Å². The molecule has 0 fully saturated rings. The Labute approximate surface area is 63.8 Å². The number of ether oxygens (including phenoxy) is 2. The number of rotatable bonds is 1. The van der Waals surface area contributed by atoms with Crippen LogP contribution in [0.3, 0.4) is 0 Å². The van der Waals surface area contributed by atoms with Crippen molar-refractivity contribution >= 4 is 11.9 Å². The van der Waals surface area contributed by atoms with Crippen LogP contribution in [0.15, 0.2) is 11.6 Å². The third-order valence-corrected chi connectivity index (χ3v) is 1.36. The number of esters is 2. The predicted molar refractivity (Wildman–Crippen MR) is 35.7 cm³/mol. The second-order valence-electron chi connectivity index (χ2n) is 2.08. The molecule has 0 atom stereocenters. The van der Waals surface area contributed by atoms with E-state index in [1.165, 1.54) is 7.11 Å². The van der Waals surface area contributed by atoms with Crippen LogP contribution >= 0.6 is 0 Å². The van der Waals surface area contributed by atoms with Gasteiger partial charge in [-0.05, 0) is 0 Å². The fraction of sp³-hybridized carbons (Fsp3) is 0.429. The molecule has 0 N–H and O–H groups in total. The van der Waals surface area contributed by atoms with Crippen molar-refractivity contribution in [1.29, 1.82) is 0 Å². The van der Waals surface area contributed by atoms with Crippen molar-refractivity contribution in [1.82, 2.24) is 0 Å². The summed E-state index contributed by atoms with van der Waals surface area (Å²) in [5.41, 5.74) is 0.378. The zero-order chi connectivity index (χ0) is 8.27. The van der Waals surface area contributed by atoms with Crippen molar-refractivity contribution in [3.8, 4) is 0 Å². The summed E-state index contributed by atoms with van der Waals surface area (Å²) in [4.78, 5) is 21.4. The Bertz CT molecular complexity index is 216. The van der Waals surface area contributed by atoms with Crippen molar-refractivity contribution in [2.45, 2.75) is 6.42 Å². The minimum atomic E-state index is -0.475. The lowest BCUT2D eigenvalue weighted by molar-refractivity contribution is -0.142. The van der Waals surface area contributed by atoms with Gasteiger partial charge in [0, 0.05) is 18.1 Å². The van der Waals surface area contributed by atoms with E-state index in [-0.39, 0.29) is 6.61 Å². The normalized spacial score (nSPS) is 16.8. The molecule has 0 radical (unpaired) electrons. The molecule has 1 aliphatic rings. The lowest BCUT2D eigenvalue weighted by Crippen LogP contribution is -2.16. The smallest absolute Gasteiger partial charge is 0.334 e. The first-order valence-corrected chi connectivity index (χ1v) is 3.19. The molecular weight excluding hydrogens is 148 g/mol. The van der Waals surface area contributed by atoms with Crippen molar-refractivity contribution < 1.29 is 19.1 Å². The lowest BCUT2D eigenvalue weighted by atomic mass is 10.1. The van der Waals surface area contributed by atoms with Crippen LogP contribution in [0.4, 0.5) is 0 Å². The first kappa shape index (κ1) is 7.78. The third kappa shape index (κ3) is 1.80. The molecule has 0 amide bonds. The van der Waals surface area contributed by atoms with Gasteiger partial charge in [-0.25, -0.2) is 9.59 Å². The Morgan fingerprint density at radius 3 is 3.00 bits per heavy atom. The molecule has 0 aromatic heterocycles. The highest BCUT2D eigenvalue weighted by atomic mass is 16.5. The Morgan fingerprint density at radius 2 is 2.45 bits per heavy atom. The number of cyclic esters (lactones) is 1. The Hall–Kier alpha value is -1.32. The van der Waals surface area contributed by atoms with E-state index in [2.05, 4.69) is 9.47 Å². The summed E-state index contributed by atoms with van der Waals surface area (Å²) in [5.74, 6) is -0.932. The van der Waals surface area contributed by atoms with Crippen LogP contribution in [0.2, 0.25) is 0 Å². The molecule has 4 nitrogen and oxygen atoms in total. The third-order valence-electron chi connectivity index (χ3n) is 1.36. The molecule has 0 saturated carbocycles. The highest BCUT2D eigenvalue weighted by Crippen LogP contribution is 2.09. The minimum Gasteiger partial charge on any atom is -0.466 e. The number of carbonyl (C=O) groups excluding carboxylic acids is 2. The average molecular weight is 156 g/mol. The number of hydrogen-bond donors (Lipinski definition) is 0. The van der Waals surface area contributed by atoms with Gasteiger partial charge in [0.2, 0.25) is 0 Å². The van der Waals surface area contributed by atoms with Crippen LogP contribution in [0.5, 0.6) is 0 Å². The van der Waals surface area contributed by atoms with Gasteiger partial charge in [-0.3, -0.25) is 0 Å². The second kappa shape index (κ2) is 3.18. The fourth-order valence-corrected chi connectivity index (χ4v) is 0.810. The van der Waals surface area contributed by atoms with Crippen molar-refractivity contribution in [2.24, 2.45) is 0 Å². The summed E-state index contributed by atoms with van der Waals surface area (Å²) < 4.78 is 9.00. The topological polar surface area (TPSA) is 52.6 Å². The van der Waals surface area contributed by atoms with Gasteiger partial charge in [0.25, 0.3) is 0 Å². The first-order valence-electron chi connectivity index (χ1n) is 3.19. The number of hydrogen-bond acceptors (Lipinski definition) is 4. The molecular formula is C7H8O4. The molecule has 0 bridgehead atoms. The van der Waals surface area contributed by atoms with Crippen molar-refractivity contribution in [3.63, 3.8) is 0 Å². The molecule has 11 heavy (non-hydrogen) atoms. The molecule has 0 aromatic carbocycles. The maximum absolute atomic E-state index is 10.8. The van der Waals surface area contributed by atoms with Crippen molar-refractivity contribution in [2.75, 3.05) is 13.7 Å². The molecule has 1 heterocycles. The van der Waals surface area contributed by atoms with Crippen LogP contribution in [-0.2, 0) is 19.1 Å². The molecule has 0 aliphatic carbocycles. The average Bonchev–Trinajstić information content (AvgIpc) is 2.03. The number of methoxy groups -OCH3 is 1. The molecule has 0 unspecified atom stereocenters. The van der Waals surface area contributed by atoms with E-state index in [1.807, 2.05) is 0 Å². The second-order valence-corrected chi connectivity index (χ2v) is 2.08. The molecule has 60 valence electrons. The predicted octanol–water partition coefficient (Wildman–Crippen LogP) is 0.0327. The molecule has 0 saturated heterocycles. The first-order chi connectivity index (χ1) is 5.24. The minimum absolute atomic E-state index is 0.264.